The Kier molecular flexibility index (Phi) is 3.33. The summed E-state index contributed by atoms with van der Waals surface area (Å²) in [6.45, 7) is 0. The number of rotatable bonds is 1. The highest BCUT2D eigenvalue weighted by Gasteiger charge is 2.12. The van der Waals surface area contributed by atoms with Crippen molar-refractivity contribution in [3.8, 4) is 5.69 Å². The number of benzene rings is 6. The van der Waals surface area contributed by atoms with Gasteiger partial charge in [0.05, 0.1) is 11.0 Å². The van der Waals surface area contributed by atoms with Gasteiger partial charge in [0.25, 0.3) is 0 Å². The second-order valence-corrected chi connectivity index (χ2v) is 8.22. The van der Waals surface area contributed by atoms with Gasteiger partial charge < -0.3 is 4.57 Å². The molecule has 0 N–H and O–H groups in total. The van der Waals surface area contributed by atoms with E-state index in [4.69, 9.17) is 0 Å². The van der Waals surface area contributed by atoms with Crippen molar-refractivity contribution in [2.75, 3.05) is 0 Å². The molecule has 1 aromatic heterocycles. The molecule has 0 amide bonds. The average Bonchev–Trinajstić information content (AvgIpc) is 3.18. The van der Waals surface area contributed by atoms with Gasteiger partial charge in [-0.2, -0.15) is 0 Å². The van der Waals surface area contributed by atoms with Gasteiger partial charge in [-0.1, -0.05) is 91.0 Å². The molecule has 0 atom stereocenters. The minimum absolute atomic E-state index is 1.20. The standard InChI is InChI=1S/C30H19N/c1-2-8-23-20(7-1)14-18-25-24(23)17-15-21-13-16-22(19-28(21)25)31-29-11-5-3-9-26(29)27-10-4-6-12-30(27)31/h1-19H. The Bertz CT molecular complexity index is 1730. The third kappa shape index (κ3) is 2.32. The maximum atomic E-state index is 2.39. The zero-order chi connectivity index (χ0) is 20.4. The molecule has 7 rings (SSSR count). The number of para-hydroxylation sites is 2. The van der Waals surface area contributed by atoms with Crippen molar-refractivity contribution >= 4 is 54.1 Å². The molecule has 1 nitrogen and oxygen atoms in total. The van der Waals surface area contributed by atoms with E-state index in [0.717, 1.165) is 0 Å². The first-order valence-corrected chi connectivity index (χ1v) is 10.7. The molecule has 0 radical (unpaired) electrons. The van der Waals surface area contributed by atoms with Crippen LogP contribution in [-0.2, 0) is 0 Å². The molecule has 0 saturated carbocycles. The van der Waals surface area contributed by atoms with E-state index < -0.39 is 0 Å². The lowest BCUT2D eigenvalue weighted by molar-refractivity contribution is 1.19. The molecule has 1 heteroatoms. The quantitative estimate of drug-likeness (QED) is 0.247. The molecule has 1 heterocycles. The van der Waals surface area contributed by atoms with Crippen molar-refractivity contribution in [3.05, 3.63) is 115 Å². The van der Waals surface area contributed by atoms with E-state index in [1.807, 2.05) is 0 Å². The van der Waals surface area contributed by atoms with Crippen molar-refractivity contribution in [2.24, 2.45) is 0 Å². The molecule has 0 aliphatic heterocycles. The SMILES string of the molecule is c1ccc2c(c1)ccc1c3cc(-n4c5ccccc5c5ccccc54)ccc3ccc21. The summed E-state index contributed by atoms with van der Waals surface area (Å²) in [6.07, 6.45) is 0. The zero-order valence-electron chi connectivity index (χ0n) is 16.9. The molecule has 0 unspecified atom stereocenters. The first kappa shape index (κ1) is 16.7. The van der Waals surface area contributed by atoms with Gasteiger partial charge in [0.2, 0.25) is 0 Å². The van der Waals surface area contributed by atoms with Crippen molar-refractivity contribution in [3.63, 3.8) is 0 Å². The smallest absolute Gasteiger partial charge is 0.0541 e. The predicted molar refractivity (Wildman–Crippen MR) is 133 cm³/mol. The molecular weight excluding hydrogens is 374 g/mol. The lowest BCUT2D eigenvalue weighted by Gasteiger charge is -2.12. The number of hydrogen-bond acceptors (Lipinski definition) is 0. The number of fused-ring (bicyclic) bond motifs is 8. The molecule has 31 heavy (non-hydrogen) atoms. The van der Waals surface area contributed by atoms with Crippen molar-refractivity contribution in [2.45, 2.75) is 0 Å². The second-order valence-electron chi connectivity index (χ2n) is 8.22. The lowest BCUT2D eigenvalue weighted by Crippen LogP contribution is -1.94. The molecule has 144 valence electrons. The maximum Gasteiger partial charge on any atom is 0.0541 e. The van der Waals surface area contributed by atoms with Crippen LogP contribution < -0.4 is 0 Å². The second kappa shape index (κ2) is 6.20. The van der Waals surface area contributed by atoms with Crippen LogP contribution in [0.15, 0.2) is 115 Å². The van der Waals surface area contributed by atoms with E-state index in [1.165, 1.54) is 59.8 Å². The highest BCUT2D eigenvalue weighted by Crippen LogP contribution is 2.35. The molecule has 0 aliphatic rings. The molecule has 0 spiro atoms. The van der Waals surface area contributed by atoms with Gasteiger partial charge in [-0.25, -0.2) is 0 Å². The van der Waals surface area contributed by atoms with E-state index in [-0.39, 0.29) is 0 Å². The summed E-state index contributed by atoms with van der Waals surface area (Å²) < 4.78 is 2.39. The maximum absolute atomic E-state index is 2.39. The summed E-state index contributed by atoms with van der Waals surface area (Å²) >= 11 is 0. The van der Waals surface area contributed by atoms with Gasteiger partial charge in [-0.15, -0.1) is 0 Å². The largest absolute Gasteiger partial charge is 0.309 e. The normalized spacial score (nSPS) is 11.9. The van der Waals surface area contributed by atoms with Crippen LogP contribution in [0.2, 0.25) is 0 Å². The predicted octanol–water partition coefficient (Wildman–Crippen LogP) is 8.24. The average molecular weight is 393 g/mol. The minimum atomic E-state index is 1.20. The van der Waals surface area contributed by atoms with Gasteiger partial charge in [-0.05, 0) is 56.6 Å². The van der Waals surface area contributed by atoms with Crippen LogP contribution in [0.3, 0.4) is 0 Å². The van der Waals surface area contributed by atoms with Crippen LogP contribution in [0.5, 0.6) is 0 Å². The van der Waals surface area contributed by atoms with Gasteiger partial charge in [-0.3, -0.25) is 0 Å². The summed E-state index contributed by atoms with van der Waals surface area (Å²) in [5.74, 6) is 0. The summed E-state index contributed by atoms with van der Waals surface area (Å²) in [5.41, 5.74) is 3.69. The van der Waals surface area contributed by atoms with E-state index in [2.05, 4.69) is 120 Å². The number of aromatic nitrogens is 1. The third-order valence-electron chi connectivity index (χ3n) is 6.57. The van der Waals surface area contributed by atoms with E-state index in [1.54, 1.807) is 0 Å². The first-order chi connectivity index (χ1) is 15.4. The van der Waals surface area contributed by atoms with Crippen LogP contribution in [0.4, 0.5) is 0 Å². The topological polar surface area (TPSA) is 4.93 Å². The summed E-state index contributed by atoms with van der Waals surface area (Å²) in [7, 11) is 0. The van der Waals surface area contributed by atoms with E-state index >= 15 is 0 Å². The fraction of sp³-hybridized carbons (Fsp3) is 0. The molecule has 0 aliphatic carbocycles. The van der Waals surface area contributed by atoms with Crippen LogP contribution in [-0.4, -0.2) is 4.57 Å². The van der Waals surface area contributed by atoms with Crippen molar-refractivity contribution < 1.29 is 0 Å². The summed E-state index contributed by atoms with van der Waals surface area (Å²) in [6, 6.07) is 41.9. The van der Waals surface area contributed by atoms with Crippen LogP contribution in [0.25, 0.3) is 59.8 Å². The van der Waals surface area contributed by atoms with Crippen molar-refractivity contribution in [1.29, 1.82) is 0 Å². The lowest BCUT2D eigenvalue weighted by atomic mass is 9.97. The first-order valence-electron chi connectivity index (χ1n) is 10.7. The van der Waals surface area contributed by atoms with Gasteiger partial charge in [0, 0.05) is 16.5 Å². The Balaban J connectivity index is 1.60. The molecular formula is C30H19N. The van der Waals surface area contributed by atoms with E-state index in [0.29, 0.717) is 0 Å². The monoisotopic (exact) mass is 393 g/mol. The molecule has 0 saturated heterocycles. The van der Waals surface area contributed by atoms with Gasteiger partial charge in [0.1, 0.15) is 0 Å². The molecule has 7 aromatic rings. The number of nitrogens with zero attached hydrogens (tertiary/aromatic N) is 1. The van der Waals surface area contributed by atoms with Gasteiger partial charge >= 0.3 is 0 Å². The zero-order valence-corrected chi connectivity index (χ0v) is 16.9. The van der Waals surface area contributed by atoms with Crippen LogP contribution in [0, 0.1) is 0 Å². The Morgan fingerprint density at radius 2 is 0.871 bits per heavy atom. The molecule has 6 aromatic carbocycles. The fourth-order valence-electron chi connectivity index (χ4n) is 5.15. The Morgan fingerprint density at radius 3 is 1.58 bits per heavy atom. The van der Waals surface area contributed by atoms with Gasteiger partial charge in [0.15, 0.2) is 0 Å². The Labute approximate surface area is 179 Å². The molecule has 0 fully saturated rings. The minimum Gasteiger partial charge on any atom is -0.309 e. The fourth-order valence-corrected chi connectivity index (χ4v) is 5.15. The van der Waals surface area contributed by atoms with Crippen LogP contribution in [0.1, 0.15) is 0 Å². The van der Waals surface area contributed by atoms with Crippen molar-refractivity contribution in [1.82, 2.24) is 4.57 Å². The third-order valence-corrected chi connectivity index (χ3v) is 6.57. The summed E-state index contributed by atoms with van der Waals surface area (Å²) in [5, 5.41) is 10.4. The van der Waals surface area contributed by atoms with Crippen LogP contribution >= 0.6 is 0 Å². The summed E-state index contributed by atoms with van der Waals surface area (Å²) in [4.78, 5) is 0. The highest BCUT2D eigenvalue weighted by molar-refractivity contribution is 6.17. The number of hydrogen-bond donors (Lipinski definition) is 0. The van der Waals surface area contributed by atoms with E-state index in [9.17, 15) is 0 Å². The Morgan fingerprint density at radius 1 is 0.355 bits per heavy atom. The Hall–Kier alpha value is -4.10. The molecule has 0 bridgehead atoms. The highest BCUT2D eigenvalue weighted by atomic mass is 15.0.